The minimum atomic E-state index is 0.969. The molecule has 0 spiro atoms. The van der Waals surface area contributed by atoms with Crippen LogP contribution in [0.1, 0.15) is 6.92 Å². The molecule has 0 unspecified atom stereocenters. The van der Waals surface area contributed by atoms with E-state index in [0.29, 0.717) is 0 Å². The van der Waals surface area contributed by atoms with Crippen molar-refractivity contribution < 1.29 is 0 Å². The lowest BCUT2D eigenvalue weighted by molar-refractivity contribution is 1.17. The van der Waals surface area contributed by atoms with Gasteiger partial charge in [-0.15, -0.1) is 0 Å². The van der Waals surface area contributed by atoms with Crippen LogP contribution in [-0.4, -0.2) is 0 Å². The fourth-order valence-electron chi connectivity index (χ4n) is 1.07. The van der Waals surface area contributed by atoms with Crippen molar-refractivity contribution in [3.05, 3.63) is 55.4 Å². The summed E-state index contributed by atoms with van der Waals surface area (Å²) in [5, 5.41) is 0. The summed E-state index contributed by atoms with van der Waals surface area (Å²) >= 11 is 0. The minimum Gasteiger partial charge on any atom is -0.322 e. The fourth-order valence-corrected chi connectivity index (χ4v) is 1.07. The number of rotatable bonds is 3. The van der Waals surface area contributed by atoms with Gasteiger partial charge in [0, 0.05) is 17.6 Å². The van der Waals surface area contributed by atoms with Crippen molar-refractivity contribution >= 4 is 5.69 Å². The smallest absolute Gasteiger partial charge is 0.0451 e. The molecule has 1 rings (SSSR count). The Morgan fingerprint density at radius 3 is 2.33 bits per heavy atom. The number of hydrogen-bond donors (Lipinski definition) is 0. The van der Waals surface area contributed by atoms with E-state index in [9.17, 15) is 0 Å². The van der Waals surface area contributed by atoms with Gasteiger partial charge in [0.15, 0.2) is 0 Å². The summed E-state index contributed by atoms with van der Waals surface area (Å²) in [6.45, 7) is 9.53. The Morgan fingerprint density at radius 2 is 1.92 bits per heavy atom. The number of anilines is 1. The standard InChI is InChI=1S/C11H13N/c1-4-12(10(2)3)11-8-6-5-7-9-11/h4-9H,1-2H2,3H3. The van der Waals surface area contributed by atoms with Crippen molar-refractivity contribution in [2.24, 2.45) is 0 Å². The van der Waals surface area contributed by atoms with Crippen LogP contribution in [0.5, 0.6) is 0 Å². The van der Waals surface area contributed by atoms with Crippen LogP contribution in [0.4, 0.5) is 5.69 Å². The average molecular weight is 159 g/mol. The first kappa shape index (κ1) is 8.60. The van der Waals surface area contributed by atoms with Gasteiger partial charge in [-0.2, -0.15) is 0 Å². The van der Waals surface area contributed by atoms with Crippen LogP contribution in [0.15, 0.2) is 55.4 Å². The molecule has 1 aromatic rings. The molecule has 62 valence electrons. The number of para-hydroxylation sites is 1. The van der Waals surface area contributed by atoms with Crippen molar-refractivity contribution in [1.82, 2.24) is 0 Å². The van der Waals surface area contributed by atoms with Crippen LogP contribution in [0.25, 0.3) is 0 Å². The zero-order chi connectivity index (χ0) is 8.97. The van der Waals surface area contributed by atoms with Crippen LogP contribution in [0.3, 0.4) is 0 Å². The van der Waals surface area contributed by atoms with Crippen molar-refractivity contribution in [1.29, 1.82) is 0 Å². The molecule has 0 bridgehead atoms. The molecular weight excluding hydrogens is 146 g/mol. The third-order valence-corrected chi connectivity index (χ3v) is 1.63. The van der Waals surface area contributed by atoms with Crippen LogP contribution in [0.2, 0.25) is 0 Å². The molecule has 0 saturated carbocycles. The molecule has 1 heteroatoms. The second kappa shape index (κ2) is 3.77. The van der Waals surface area contributed by atoms with Gasteiger partial charge in [0.05, 0.1) is 0 Å². The Kier molecular flexibility index (Phi) is 2.70. The zero-order valence-corrected chi connectivity index (χ0v) is 7.33. The van der Waals surface area contributed by atoms with Gasteiger partial charge in [0.25, 0.3) is 0 Å². The SMILES string of the molecule is C=CN(C(=C)C)c1ccccc1. The number of benzene rings is 1. The van der Waals surface area contributed by atoms with E-state index < -0.39 is 0 Å². The topological polar surface area (TPSA) is 3.24 Å². The summed E-state index contributed by atoms with van der Waals surface area (Å²) in [7, 11) is 0. The molecule has 0 N–H and O–H groups in total. The van der Waals surface area contributed by atoms with Gasteiger partial charge in [0.2, 0.25) is 0 Å². The molecule has 0 amide bonds. The first-order chi connectivity index (χ1) is 5.75. The van der Waals surface area contributed by atoms with Crippen molar-refractivity contribution in [2.45, 2.75) is 6.92 Å². The molecule has 1 aromatic carbocycles. The quantitative estimate of drug-likeness (QED) is 0.654. The van der Waals surface area contributed by atoms with Crippen LogP contribution in [0, 0.1) is 0 Å². The molecule has 0 aromatic heterocycles. The Labute approximate surface area is 73.6 Å². The second-order valence-corrected chi connectivity index (χ2v) is 2.62. The molecule has 0 heterocycles. The maximum atomic E-state index is 3.86. The lowest BCUT2D eigenvalue weighted by Crippen LogP contribution is -2.10. The molecule has 0 aliphatic heterocycles. The Morgan fingerprint density at radius 1 is 1.33 bits per heavy atom. The predicted molar refractivity (Wildman–Crippen MR) is 53.9 cm³/mol. The molecule has 12 heavy (non-hydrogen) atoms. The maximum Gasteiger partial charge on any atom is 0.0451 e. The summed E-state index contributed by atoms with van der Waals surface area (Å²) in [5.41, 5.74) is 2.07. The highest BCUT2D eigenvalue weighted by Crippen LogP contribution is 2.16. The maximum absolute atomic E-state index is 3.86. The van der Waals surface area contributed by atoms with E-state index in [4.69, 9.17) is 0 Å². The molecule has 0 aliphatic rings. The van der Waals surface area contributed by atoms with Crippen molar-refractivity contribution in [2.75, 3.05) is 4.90 Å². The highest BCUT2D eigenvalue weighted by atomic mass is 15.1. The van der Waals surface area contributed by atoms with Crippen molar-refractivity contribution in [3.8, 4) is 0 Å². The fraction of sp³-hybridized carbons (Fsp3) is 0.0909. The highest BCUT2D eigenvalue weighted by molar-refractivity contribution is 5.53. The van der Waals surface area contributed by atoms with E-state index in [2.05, 4.69) is 13.2 Å². The van der Waals surface area contributed by atoms with Gasteiger partial charge < -0.3 is 4.90 Å². The summed E-state index contributed by atoms with van der Waals surface area (Å²) in [4.78, 5) is 1.94. The van der Waals surface area contributed by atoms with E-state index in [1.807, 2.05) is 42.2 Å². The third kappa shape index (κ3) is 1.76. The molecular formula is C11H13N. The van der Waals surface area contributed by atoms with E-state index in [1.54, 1.807) is 6.20 Å². The van der Waals surface area contributed by atoms with E-state index in [0.717, 1.165) is 11.4 Å². The molecule has 0 saturated heterocycles. The van der Waals surface area contributed by atoms with Crippen LogP contribution >= 0.6 is 0 Å². The minimum absolute atomic E-state index is 0.969. The van der Waals surface area contributed by atoms with Gasteiger partial charge in [-0.1, -0.05) is 31.4 Å². The average Bonchev–Trinajstić information content (AvgIpc) is 2.07. The summed E-state index contributed by atoms with van der Waals surface area (Å²) in [6.07, 6.45) is 1.76. The van der Waals surface area contributed by atoms with E-state index >= 15 is 0 Å². The third-order valence-electron chi connectivity index (χ3n) is 1.63. The van der Waals surface area contributed by atoms with Crippen LogP contribution < -0.4 is 4.90 Å². The lowest BCUT2D eigenvalue weighted by Gasteiger charge is -2.19. The molecule has 0 atom stereocenters. The predicted octanol–water partition coefficient (Wildman–Crippen LogP) is 3.17. The summed E-state index contributed by atoms with van der Waals surface area (Å²) < 4.78 is 0. The van der Waals surface area contributed by atoms with Gasteiger partial charge in [-0.3, -0.25) is 0 Å². The molecule has 0 radical (unpaired) electrons. The second-order valence-electron chi connectivity index (χ2n) is 2.62. The number of hydrogen-bond acceptors (Lipinski definition) is 1. The monoisotopic (exact) mass is 159 g/mol. The highest BCUT2D eigenvalue weighted by Gasteiger charge is 1.99. The molecule has 0 aliphatic carbocycles. The lowest BCUT2D eigenvalue weighted by atomic mass is 10.3. The number of nitrogens with zero attached hydrogens (tertiary/aromatic N) is 1. The van der Waals surface area contributed by atoms with Gasteiger partial charge in [-0.25, -0.2) is 0 Å². The number of allylic oxidation sites excluding steroid dienone is 1. The Hall–Kier alpha value is -1.50. The summed E-state index contributed by atoms with van der Waals surface area (Å²) in [5.74, 6) is 0. The normalized spacial score (nSPS) is 9.08. The van der Waals surface area contributed by atoms with Gasteiger partial charge in [0.1, 0.15) is 0 Å². The van der Waals surface area contributed by atoms with Gasteiger partial charge >= 0.3 is 0 Å². The van der Waals surface area contributed by atoms with Crippen molar-refractivity contribution in [3.63, 3.8) is 0 Å². The van der Waals surface area contributed by atoms with E-state index in [-0.39, 0.29) is 0 Å². The zero-order valence-electron chi connectivity index (χ0n) is 7.33. The Balaban J connectivity index is 2.95. The molecule has 1 nitrogen and oxygen atoms in total. The molecule has 0 fully saturated rings. The first-order valence-electron chi connectivity index (χ1n) is 3.88. The van der Waals surface area contributed by atoms with E-state index in [1.165, 1.54) is 0 Å². The van der Waals surface area contributed by atoms with Crippen LogP contribution in [-0.2, 0) is 0 Å². The van der Waals surface area contributed by atoms with Gasteiger partial charge in [-0.05, 0) is 19.1 Å². The largest absolute Gasteiger partial charge is 0.322 e. The Bertz CT molecular complexity index is 274. The summed E-state index contributed by atoms with van der Waals surface area (Å²) in [6, 6.07) is 10.0. The first-order valence-corrected chi connectivity index (χ1v) is 3.88.